The lowest BCUT2D eigenvalue weighted by Gasteiger charge is -2.32. The molecule has 2 aliphatic heterocycles. The smallest absolute Gasteiger partial charge is 0.225 e. The van der Waals surface area contributed by atoms with E-state index in [0.717, 1.165) is 17.2 Å². The highest BCUT2D eigenvalue weighted by Gasteiger charge is 2.51. The van der Waals surface area contributed by atoms with Crippen LogP contribution in [0.5, 0.6) is 0 Å². The van der Waals surface area contributed by atoms with Crippen molar-refractivity contribution < 1.29 is 4.39 Å². The number of hydrogen-bond donors (Lipinski definition) is 1. The molecule has 0 spiro atoms. The highest BCUT2D eigenvalue weighted by Crippen LogP contribution is 2.47. The second kappa shape index (κ2) is 5.17. The Kier molecular flexibility index (Phi) is 3.26. The van der Waals surface area contributed by atoms with Crippen LogP contribution in [0, 0.1) is 11.7 Å². The summed E-state index contributed by atoms with van der Waals surface area (Å²) in [7, 11) is 0. The molecule has 0 bridgehead atoms. The van der Waals surface area contributed by atoms with E-state index in [-0.39, 0.29) is 0 Å². The van der Waals surface area contributed by atoms with E-state index in [1.165, 1.54) is 12.4 Å². The highest BCUT2D eigenvalue weighted by atomic mass is 32.2. The number of aromatic nitrogens is 3. The molecule has 6 nitrogen and oxygen atoms in total. The highest BCUT2D eigenvalue weighted by molar-refractivity contribution is 8.13. The Balaban J connectivity index is 1.73. The van der Waals surface area contributed by atoms with Crippen molar-refractivity contribution in [1.82, 2.24) is 15.0 Å². The third kappa shape index (κ3) is 2.15. The zero-order chi connectivity index (χ0) is 15.2. The largest absolute Gasteiger partial charge is 0.379 e. The van der Waals surface area contributed by atoms with Crippen molar-refractivity contribution in [2.24, 2.45) is 16.6 Å². The van der Waals surface area contributed by atoms with Crippen LogP contribution < -0.4 is 10.6 Å². The Hall–Kier alpha value is -1.74. The number of amidine groups is 1. The molecule has 0 saturated carbocycles. The number of hydrogen-bond acceptors (Lipinski definition) is 8. The maximum absolute atomic E-state index is 13.0. The molecule has 1 saturated heterocycles. The first-order chi connectivity index (χ1) is 10.7. The van der Waals surface area contributed by atoms with Gasteiger partial charge in [0.25, 0.3) is 0 Å². The Morgan fingerprint density at radius 2 is 2.14 bits per heavy atom. The number of thiazole rings is 1. The second-order valence-corrected chi connectivity index (χ2v) is 7.26. The lowest BCUT2D eigenvalue weighted by atomic mass is 9.87. The summed E-state index contributed by atoms with van der Waals surface area (Å²) in [6, 6.07) is 0. The first kappa shape index (κ1) is 13.9. The molecule has 114 valence electrons. The zero-order valence-electron chi connectivity index (χ0n) is 11.5. The van der Waals surface area contributed by atoms with E-state index in [0.29, 0.717) is 23.6 Å². The van der Waals surface area contributed by atoms with E-state index < -0.39 is 11.4 Å². The van der Waals surface area contributed by atoms with Crippen molar-refractivity contribution >= 4 is 34.2 Å². The molecule has 0 unspecified atom stereocenters. The van der Waals surface area contributed by atoms with Gasteiger partial charge in [0.05, 0.1) is 29.3 Å². The van der Waals surface area contributed by atoms with E-state index in [1.54, 1.807) is 23.1 Å². The molecule has 2 N–H and O–H groups in total. The minimum atomic E-state index is -0.435. The zero-order valence-corrected chi connectivity index (χ0v) is 13.1. The average molecular weight is 336 g/mol. The summed E-state index contributed by atoms with van der Waals surface area (Å²) < 4.78 is 13.0. The predicted molar refractivity (Wildman–Crippen MR) is 85.6 cm³/mol. The third-order valence-electron chi connectivity index (χ3n) is 4.04. The Bertz CT molecular complexity index is 704. The molecule has 0 radical (unpaired) electrons. The standard InChI is InChI=1S/C13H13FN6S2/c14-9-1-17-12(18-2-9)20-4-8-5-21-11(15)19-13(8,6-20)10-3-16-7-22-10/h1-3,7-8H,4-6H2,(H2,15,19)/t8-,13-/m0/s1. The Morgan fingerprint density at radius 1 is 1.32 bits per heavy atom. The fourth-order valence-electron chi connectivity index (χ4n) is 3.02. The number of halogens is 1. The molecular formula is C13H13FN6S2. The minimum Gasteiger partial charge on any atom is -0.379 e. The number of fused-ring (bicyclic) bond motifs is 1. The average Bonchev–Trinajstić information content (AvgIpc) is 3.15. The number of nitrogens with zero attached hydrogens (tertiary/aromatic N) is 5. The van der Waals surface area contributed by atoms with Gasteiger partial charge in [0.15, 0.2) is 11.0 Å². The van der Waals surface area contributed by atoms with Gasteiger partial charge in [0.2, 0.25) is 5.95 Å². The molecular weight excluding hydrogens is 323 g/mol. The maximum Gasteiger partial charge on any atom is 0.225 e. The normalized spacial score (nSPS) is 27.6. The van der Waals surface area contributed by atoms with E-state index >= 15 is 0 Å². The van der Waals surface area contributed by atoms with Crippen LogP contribution in [0.2, 0.25) is 0 Å². The van der Waals surface area contributed by atoms with Crippen molar-refractivity contribution in [3.8, 4) is 0 Å². The van der Waals surface area contributed by atoms with Crippen LogP contribution in [-0.4, -0.2) is 39.0 Å². The summed E-state index contributed by atoms with van der Waals surface area (Å²) >= 11 is 3.16. The molecule has 9 heteroatoms. The molecule has 2 atom stereocenters. The van der Waals surface area contributed by atoms with Crippen molar-refractivity contribution in [1.29, 1.82) is 0 Å². The third-order valence-corrected chi connectivity index (χ3v) is 5.93. The Labute approximate surface area is 134 Å². The number of rotatable bonds is 2. The summed E-state index contributed by atoms with van der Waals surface area (Å²) in [5.74, 6) is 1.29. The fourth-order valence-corrected chi connectivity index (χ4v) is 4.84. The summed E-state index contributed by atoms with van der Waals surface area (Å²) in [4.78, 5) is 20.3. The monoisotopic (exact) mass is 336 g/mol. The van der Waals surface area contributed by atoms with Gasteiger partial charge >= 0.3 is 0 Å². The van der Waals surface area contributed by atoms with Gasteiger partial charge in [-0.1, -0.05) is 11.8 Å². The molecule has 4 heterocycles. The van der Waals surface area contributed by atoms with Crippen LogP contribution >= 0.6 is 23.1 Å². The molecule has 2 aromatic rings. The van der Waals surface area contributed by atoms with Crippen LogP contribution in [0.4, 0.5) is 10.3 Å². The lowest BCUT2D eigenvalue weighted by molar-refractivity contribution is 0.394. The number of nitrogens with two attached hydrogens (primary N) is 1. The second-order valence-electron chi connectivity index (χ2n) is 5.33. The van der Waals surface area contributed by atoms with Gasteiger partial charge in [-0.2, -0.15) is 0 Å². The molecule has 2 aliphatic rings. The van der Waals surface area contributed by atoms with Gasteiger partial charge in [-0.3, -0.25) is 4.98 Å². The van der Waals surface area contributed by atoms with Crippen LogP contribution in [-0.2, 0) is 5.54 Å². The molecule has 0 amide bonds. The molecule has 2 aromatic heterocycles. The Morgan fingerprint density at radius 3 is 2.86 bits per heavy atom. The molecule has 0 aromatic carbocycles. The van der Waals surface area contributed by atoms with Gasteiger partial charge in [-0.25, -0.2) is 19.4 Å². The summed E-state index contributed by atoms with van der Waals surface area (Å²) in [5.41, 5.74) is 7.40. The fraction of sp³-hybridized carbons (Fsp3) is 0.385. The topological polar surface area (TPSA) is 80.3 Å². The van der Waals surface area contributed by atoms with Gasteiger partial charge < -0.3 is 10.6 Å². The number of thioether (sulfide) groups is 1. The van der Waals surface area contributed by atoms with Crippen LogP contribution in [0.1, 0.15) is 4.88 Å². The van der Waals surface area contributed by atoms with Crippen molar-refractivity contribution in [3.63, 3.8) is 0 Å². The summed E-state index contributed by atoms with van der Waals surface area (Å²) in [6.07, 6.45) is 4.24. The van der Waals surface area contributed by atoms with Gasteiger partial charge in [-0.05, 0) is 0 Å². The van der Waals surface area contributed by atoms with Crippen molar-refractivity contribution in [2.45, 2.75) is 5.54 Å². The van der Waals surface area contributed by atoms with Crippen molar-refractivity contribution in [3.05, 3.63) is 34.8 Å². The van der Waals surface area contributed by atoms with E-state index in [1.807, 2.05) is 16.6 Å². The molecule has 0 aliphatic carbocycles. The maximum atomic E-state index is 13.0. The van der Waals surface area contributed by atoms with Crippen LogP contribution in [0.3, 0.4) is 0 Å². The molecule has 22 heavy (non-hydrogen) atoms. The first-order valence-corrected chi connectivity index (χ1v) is 8.63. The quantitative estimate of drug-likeness (QED) is 0.894. The lowest BCUT2D eigenvalue weighted by Crippen LogP contribution is -2.39. The van der Waals surface area contributed by atoms with Crippen LogP contribution in [0.15, 0.2) is 29.1 Å². The first-order valence-electron chi connectivity index (χ1n) is 6.77. The number of aliphatic imine (C=N–C) groups is 1. The SMILES string of the molecule is NC1=N[C@@]2(c3cncs3)CN(c3ncc(F)cn3)C[C@H]2CS1. The van der Waals surface area contributed by atoms with Gasteiger partial charge in [0.1, 0.15) is 5.54 Å². The van der Waals surface area contributed by atoms with Gasteiger partial charge in [-0.15, -0.1) is 11.3 Å². The summed E-state index contributed by atoms with van der Waals surface area (Å²) in [6.45, 7) is 1.40. The number of anilines is 1. The molecule has 4 rings (SSSR count). The molecule has 1 fully saturated rings. The van der Waals surface area contributed by atoms with E-state index in [2.05, 4.69) is 15.0 Å². The minimum absolute atomic E-state index is 0.305. The predicted octanol–water partition coefficient (Wildman–Crippen LogP) is 1.47. The van der Waals surface area contributed by atoms with E-state index in [9.17, 15) is 4.39 Å². The van der Waals surface area contributed by atoms with Crippen LogP contribution in [0.25, 0.3) is 0 Å². The van der Waals surface area contributed by atoms with Gasteiger partial charge in [0, 0.05) is 24.4 Å². The van der Waals surface area contributed by atoms with Crippen molar-refractivity contribution in [2.75, 3.05) is 23.7 Å². The summed E-state index contributed by atoms with van der Waals surface area (Å²) in [5, 5.41) is 0.603. The van der Waals surface area contributed by atoms with E-state index in [4.69, 9.17) is 10.7 Å².